The molecule has 0 radical (unpaired) electrons. The summed E-state index contributed by atoms with van der Waals surface area (Å²) in [5.41, 5.74) is 5.34. The predicted octanol–water partition coefficient (Wildman–Crippen LogP) is 8.26. The van der Waals surface area contributed by atoms with Crippen molar-refractivity contribution in [3.8, 4) is 11.3 Å². The van der Waals surface area contributed by atoms with Crippen molar-refractivity contribution in [1.82, 2.24) is 9.88 Å². The van der Waals surface area contributed by atoms with Gasteiger partial charge in [-0.2, -0.15) is 13.2 Å². The number of piperidine rings is 1. The Morgan fingerprint density at radius 1 is 1.00 bits per heavy atom. The molecular weight excluding hydrogens is 511 g/mol. The van der Waals surface area contributed by atoms with Crippen LogP contribution in [0.5, 0.6) is 0 Å². The first-order valence-corrected chi connectivity index (χ1v) is 14.1. The van der Waals surface area contributed by atoms with E-state index in [1.54, 1.807) is 12.1 Å². The smallest absolute Gasteiger partial charge is 0.354 e. The van der Waals surface area contributed by atoms with Crippen LogP contribution in [-0.2, 0) is 17.4 Å². The molecule has 1 saturated heterocycles. The Hall–Kier alpha value is -3.58. The second-order valence-corrected chi connectivity index (χ2v) is 11.1. The molecule has 2 heterocycles. The number of carbonyl (C=O) groups is 1. The van der Waals surface area contributed by atoms with Gasteiger partial charge in [0.25, 0.3) is 0 Å². The number of anilines is 1. The van der Waals surface area contributed by atoms with Crippen LogP contribution in [0, 0.1) is 5.92 Å². The highest BCUT2D eigenvalue weighted by Crippen LogP contribution is 2.35. The third-order valence-electron chi connectivity index (χ3n) is 7.95. The number of aromatic nitrogens is 1. The van der Waals surface area contributed by atoms with Gasteiger partial charge in [-0.05, 0) is 98.3 Å². The van der Waals surface area contributed by atoms with Crippen LogP contribution >= 0.6 is 0 Å². The standard InChI is InChI=1S/C33H36F3N3O/c1-22(2)32(40)37-27-8-5-7-25(21-27)23-16-19-39(20-17-23)18-6-10-29-28-9-3-4-11-30(28)38-31(29)24-12-14-26(15-13-24)33(34,35)36/h3-5,7-9,11-15,21-23,38H,6,10,16-20H2,1-2H3,(H,37,40). The van der Waals surface area contributed by atoms with Crippen molar-refractivity contribution >= 4 is 22.5 Å². The Morgan fingerprint density at radius 3 is 2.42 bits per heavy atom. The molecule has 3 aromatic carbocycles. The summed E-state index contributed by atoms with van der Waals surface area (Å²) in [5.74, 6) is 0.456. The zero-order chi connectivity index (χ0) is 28.3. The first kappa shape index (κ1) is 28.0. The van der Waals surface area contributed by atoms with Crippen molar-refractivity contribution in [3.63, 3.8) is 0 Å². The first-order chi connectivity index (χ1) is 19.2. The second kappa shape index (κ2) is 11.9. The number of halogens is 3. The molecule has 0 bridgehead atoms. The molecule has 1 fully saturated rings. The van der Waals surface area contributed by atoms with Crippen molar-refractivity contribution in [2.45, 2.75) is 51.6 Å². The van der Waals surface area contributed by atoms with E-state index in [9.17, 15) is 18.0 Å². The van der Waals surface area contributed by atoms with Gasteiger partial charge in [0.15, 0.2) is 0 Å². The molecule has 1 amide bonds. The Bertz CT molecular complexity index is 1450. The van der Waals surface area contributed by atoms with Gasteiger partial charge in [0, 0.05) is 28.2 Å². The molecule has 1 aromatic heterocycles. The van der Waals surface area contributed by atoms with Gasteiger partial charge in [-0.1, -0.05) is 56.3 Å². The number of benzene rings is 3. The lowest BCUT2D eigenvalue weighted by Crippen LogP contribution is -2.33. The number of amides is 1. The molecule has 1 aliphatic heterocycles. The van der Waals surface area contributed by atoms with Crippen LogP contribution in [0.2, 0.25) is 0 Å². The number of hydrogen-bond donors (Lipinski definition) is 2. The maximum Gasteiger partial charge on any atom is 0.416 e. The van der Waals surface area contributed by atoms with Crippen molar-refractivity contribution in [2.75, 3.05) is 25.0 Å². The van der Waals surface area contributed by atoms with Gasteiger partial charge in [-0.15, -0.1) is 0 Å². The third kappa shape index (κ3) is 6.41. The van der Waals surface area contributed by atoms with Gasteiger partial charge in [-0.25, -0.2) is 0 Å². The summed E-state index contributed by atoms with van der Waals surface area (Å²) in [4.78, 5) is 18.1. The summed E-state index contributed by atoms with van der Waals surface area (Å²) >= 11 is 0. The second-order valence-electron chi connectivity index (χ2n) is 11.1. The number of nitrogens with zero attached hydrogens (tertiary/aromatic N) is 1. The number of hydrogen-bond acceptors (Lipinski definition) is 2. The van der Waals surface area contributed by atoms with Crippen LogP contribution in [0.15, 0.2) is 72.8 Å². The van der Waals surface area contributed by atoms with E-state index in [-0.39, 0.29) is 11.8 Å². The van der Waals surface area contributed by atoms with Crippen molar-refractivity contribution < 1.29 is 18.0 Å². The number of alkyl halides is 3. The molecule has 0 atom stereocenters. The van der Waals surface area contributed by atoms with E-state index in [0.717, 1.165) is 90.9 Å². The maximum atomic E-state index is 13.1. The highest BCUT2D eigenvalue weighted by molar-refractivity contribution is 5.92. The topological polar surface area (TPSA) is 48.1 Å². The number of rotatable bonds is 8. The zero-order valence-electron chi connectivity index (χ0n) is 23.0. The number of nitrogens with one attached hydrogen (secondary N) is 2. The number of aromatic amines is 1. The Kier molecular flexibility index (Phi) is 8.31. The fraction of sp³-hybridized carbons (Fsp3) is 0.364. The van der Waals surface area contributed by atoms with Crippen molar-refractivity contribution in [1.29, 1.82) is 0 Å². The quantitative estimate of drug-likeness (QED) is 0.233. The molecule has 2 N–H and O–H groups in total. The fourth-order valence-corrected chi connectivity index (χ4v) is 5.66. The minimum absolute atomic E-state index is 0.0312. The summed E-state index contributed by atoms with van der Waals surface area (Å²) < 4.78 is 39.3. The molecule has 7 heteroatoms. The van der Waals surface area contributed by atoms with Gasteiger partial charge in [0.2, 0.25) is 5.91 Å². The minimum Gasteiger partial charge on any atom is -0.354 e. The highest BCUT2D eigenvalue weighted by Gasteiger charge is 2.30. The van der Waals surface area contributed by atoms with E-state index in [2.05, 4.69) is 33.4 Å². The van der Waals surface area contributed by atoms with E-state index in [0.29, 0.717) is 5.92 Å². The minimum atomic E-state index is -4.35. The number of aryl methyl sites for hydroxylation is 1. The van der Waals surface area contributed by atoms with Crippen LogP contribution in [0.25, 0.3) is 22.2 Å². The lowest BCUT2D eigenvalue weighted by molar-refractivity contribution is -0.137. The number of fused-ring (bicyclic) bond motifs is 1. The molecule has 40 heavy (non-hydrogen) atoms. The van der Waals surface area contributed by atoms with Gasteiger partial charge in [0.05, 0.1) is 5.56 Å². The summed E-state index contributed by atoms with van der Waals surface area (Å²) in [6.45, 7) is 6.80. The Labute approximate surface area is 233 Å². The Balaban J connectivity index is 1.20. The number of para-hydroxylation sites is 1. The first-order valence-electron chi connectivity index (χ1n) is 14.1. The van der Waals surface area contributed by atoms with Gasteiger partial charge in [-0.3, -0.25) is 4.79 Å². The van der Waals surface area contributed by atoms with Gasteiger partial charge in [0.1, 0.15) is 0 Å². The van der Waals surface area contributed by atoms with Crippen molar-refractivity contribution in [3.05, 3.63) is 89.5 Å². The van der Waals surface area contributed by atoms with E-state index >= 15 is 0 Å². The lowest BCUT2D eigenvalue weighted by Gasteiger charge is -2.32. The molecule has 210 valence electrons. The zero-order valence-corrected chi connectivity index (χ0v) is 23.0. The van der Waals surface area contributed by atoms with Gasteiger partial charge < -0.3 is 15.2 Å². The van der Waals surface area contributed by atoms with Crippen LogP contribution < -0.4 is 5.32 Å². The summed E-state index contributed by atoms with van der Waals surface area (Å²) in [6, 6.07) is 21.7. The number of H-pyrrole nitrogens is 1. The van der Waals surface area contributed by atoms with E-state index in [1.165, 1.54) is 5.56 Å². The largest absolute Gasteiger partial charge is 0.416 e. The molecule has 0 aliphatic carbocycles. The molecule has 4 nitrogen and oxygen atoms in total. The molecular formula is C33H36F3N3O. The lowest BCUT2D eigenvalue weighted by atomic mass is 9.89. The average Bonchev–Trinajstić information content (AvgIpc) is 3.32. The highest BCUT2D eigenvalue weighted by atomic mass is 19.4. The molecule has 5 rings (SSSR count). The van der Waals surface area contributed by atoms with E-state index in [1.807, 2.05) is 44.2 Å². The summed E-state index contributed by atoms with van der Waals surface area (Å²) in [5, 5.41) is 4.13. The third-order valence-corrected chi connectivity index (χ3v) is 7.95. The fourth-order valence-electron chi connectivity index (χ4n) is 5.66. The van der Waals surface area contributed by atoms with Gasteiger partial charge >= 0.3 is 6.18 Å². The van der Waals surface area contributed by atoms with Crippen LogP contribution in [0.3, 0.4) is 0 Å². The average molecular weight is 548 g/mol. The predicted molar refractivity (Wildman–Crippen MR) is 155 cm³/mol. The van der Waals surface area contributed by atoms with E-state index in [4.69, 9.17) is 0 Å². The number of carbonyl (C=O) groups excluding carboxylic acids is 1. The van der Waals surface area contributed by atoms with Crippen LogP contribution in [0.1, 0.15) is 55.7 Å². The van der Waals surface area contributed by atoms with Crippen LogP contribution in [0.4, 0.5) is 18.9 Å². The monoisotopic (exact) mass is 547 g/mol. The molecule has 4 aromatic rings. The Morgan fingerprint density at radius 2 is 1.73 bits per heavy atom. The summed E-state index contributed by atoms with van der Waals surface area (Å²) in [7, 11) is 0. The molecule has 0 saturated carbocycles. The van der Waals surface area contributed by atoms with Crippen LogP contribution in [-0.4, -0.2) is 35.4 Å². The molecule has 1 aliphatic rings. The normalized spacial score (nSPS) is 15.2. The van der Waals surface area contributed by atoms with E-state index < -0.39 is 11.7 Å². The maximum absolute atomic E-state index is 13.1. The number of likely N-dealkylation sites (tertiary alicyclic amines) is 1. The van der Waals surface area contributed by atoms with Crippen molar-refractivity contribution in [2.24, 2.45) is 5.92 Å². The summed E-state index contributed by atoms with van der Waals surface area (Å²) in [6.07, 6.45) is -0.381. The molecule has 0 spiro atoms. The SMILES string of the molecule is CC(C)C(=O)Nc1cccc(C2CCN(CCCc3c(-c4ccc(C(F)(F)F)cc4)[nH]c4ccccc34)CC2)c1. The molecule has 0 unspecified atom stereocenters.